The van der Waals surface area contributed by atoms with Crippen LogP contribution in [0, 0.1) is 0 Å². The van der Waals surface area contributed by atoms with E-state index in [1.807, 2.05) is 0 Å². The second kappa shape index (κ2) is 14.3. The monoisotopic (exact) mass is 698 g/mol. The van der Waals surface area contributed by atoms with Gasteiger partial charge in [0.15, 0.2) is 0 Å². The Bertz CT molecular complexity index is 1810. The maximum Gasteiger partial charge on any atom is 0.0498 e. The molecule has 0 saturated heterocycles. The minimum atomic E-state index is -0.957. The number of rotatable bonds is 7. The zero-order valence-electron chi connectivity index (χ0n) is 27.0. The Hall–Kier alpha value is -3.24. The summed E-state index contributed by atoms with van der Waals surface area (Å²) in [5, 5.41) is 9.65. The van der Waals surface area contributed by atoms with Gasteiger partial charge in [0, 0.05) is 20.7 Å². The predicted octanol–water partition coefficient (Wildman–Crippen LogP) is 9.93. The lowest BCUT2D eigenvalue weighted by Crippen LogP contribution is -2.30. The van der Waals surface area contributed by atoms with E-state index in [9.17, 15) is 0 Å². The largest absolute Gasteiger partial charge is 0.0836 e. The van der Waals surface area contributed by atoms with Crippen molar-refractivity contribution in [3.63, 3.8) is 0 Å². The quantitative estimate of drug-likeness (QED) is 0.146. The van der Waals surface area contributed by atoms with Crippen LogP contribution < -0.4 is 31.8 Å². The second-order valence-corrected chi connectivity index (χ2v) is 18.0. The normalized spacial score (nSPS) is 14.2. The molecule has 2 aliphatic rings. The molecule has 0 radical (unpaired) electrons. The van der Waals surface area contributed by atoms with Gasteiger partial charge < -0.3 is 0 Å². The maximum absolute atomic E-state index is 7.69. The molecule has 0 heterocycles. The van der Waals surface area contributed by atoms with Gasteiger partial charge in [0.05, 0.1) is 0 Å². The average Bonchev–Trinajstić information content (AvgIpc) is 3.14. The van der Waals surface area contributed by atoms with Crippen molar-refractivity contribution in [3.8, 4) is 11.1 Å². The molecule has 6 aromatic carbocycles. The topological polar surface area (TPSA) is 0 Å². The molecule has 0 saturated carbocycles. The summed E-state index contributed by atoms with van der Waals surface area (Å²) in [5.41, 5.74) is 8.58. The highest BCUT2D eigenvalue weighted by molar-refractivity contribution is 7.81. The van der Waals surface area contributed by atoms with E-state index >= 15 is 0 Å². The average molecular weight is 700 g/mol. The first kappa shape index (κ1) is 32.0. The molecule has 238 valence electrons. The highest BCUT2D eigenvalue weighted by Crippen LogP contribution is 2.49. The van der Waals surface area contributed by atoms with Crippen molar-refractivity contribution in [2.75, 3.05) is 0 Å². The van der Waals surface area contributed by atoms with Crippen molar-refractivity contribution in [1.29, 1.82) is 0 Å². The number of halogens is 2. The van der Waals surface area contributed by atoms with Crippen LogP contribution in [0.15, 0.2) is 133 Å². The molecule has 0 bridgehead atoms. The number of hydrogen-bond donors (Lipinski definition) is 0. The van der Waals surface area contributed by atoms with Crippen LogP contribution in [-0.2, 0) is 25.7 Å². The Morgan fingerprint density at radius 1 is 0.375 bits per heavy atom. The number of benzene rings is 6. The van der Waals surface area contributed by atoms with E-state index < -0.39 is 15.8 Å². The predicted molar refractivity (Wildman–Crippen MR) is 213 cm³/mol. The van der Waals surface area contributed by atoms with Crippen molar-refractivity contribution in [2.45, 2.75) is 51.4 Å². The Labute approximate surface area is 297 Å². The minimum absolute atomic E-state index is 0.892. The molecule has 6 aromatic rings. The molecule has 0 N–H and O–H groups in total. The highest BCUT2D eigenvalue weighted by Gasteiger charge is 2.34. The highest BCUT2D eigenvalue weighted by atomic mass is 35.5. The molecule has 0 atom stereocenters. The van der Waals surface area contributed by atoms with Gasteiger partial charge in [0.1, 0.15) is 0 Å². The van der Waals surface area contributed by atoms with Gasteiger partial charge in [-0.1, -0.05) is 145 Å². The van der Waals surface area contributed by atoms with Crippen molar-refractivity contribution in [2.24, 2.45) is 0 Å². The summed E-state index contributed by atoms with van der Waals surface area (Å²) in [7, 11) is -1.91. The summed E-state index contributed by atoms with van der Waals surface area (Å²) >= 11 is 15.4. The third-order valence-electron chi connectivity index (χ3n) is 9.91. The zero-order chi connectivity index (χ0) is 32.5. The first-order valence-corrected chi connectivity index (χ1v) is 20.6. The van der Waals surface area contributed by atoms with E-state index in [2.05, 4.69) is 133 Å². The van der Waals surface area contributed by atoms with Crippen LogP contribution in [0.5, 0.6) is 0 Å². The zero-order valence-corrected chi connectivity index (χ0v) is 30.3. The lowest BCUT2D eigenvalue weighted by molar-refractivity contribution is 0.682. The SMILES string of the molecule is Clc1cc2c(c(-c3c4c(cc(Cl)c3P(c3ccccc3)c3ccccc3)CCCC4)c1P(c1ccccc1)c1ccccc1)CCCC2. The fourth-order valence-electron chi connectivity index (χ4n) is 7.81. The number of aryl methyl sites for hydroxylation is 2. The van der Waals surface area contributed by atoms with E-state index in [0.29, 0.717) is 0 Å². The standard InChI is InChI=1S/C44H38Cl2P2/c45-39-29-31-17-13-15-27-37(31)41(43(39)47(33-19-5-1-6-20-33)34-21-7-2-8-22-34)42-38-28-16-14-18-32(38)30-40(46)44(42)48(35-23-9-3-10-24-35)36-25-11-4-12-26-36/h1-12,19-26,29-30H,13-18,27-28H2. The Morgan fingerprint density at radius 3 is 0.979 bits per heavy atom. The lowest BCUT2D eigenvalue weighted by atomic mass is 9.81. The van der Waals surface area contributed by atoms with E-state index in [1.165, 1.54) is 90.9 Å². The van der Waals surface area contributed by atoms with Gasteiger partial charge in [-0.2, -0.15) is 0 Å². The van der Waals surface area contributed by atoms with Gasteiger partial charge in [-0.15, -0.1) is 0 Å². The Balaban J connectivity index is 1.53. The van der Waals surface area contributed by atoms with Gasteiger partial charge >= 0.3 is 0 Å². The van der Waals surface area contributed by atoms with Crippen molar-refractivity contribution in [1.82, 2.24) is 0 Å². The molecule has 0 aliphatic heterocycles. The maximum atomic E-state index is 7.69. The summed E-state index contributed by atoms with van der Waals surface area (Å²) in [6.07, 6.45) is 9.07. The van der Waals surface area contributed by atoms with Gasteiger partial charge in [-0.05, 0) is 134 Å². The van der Waals surface area contributed by atoms with Gasteiger partial charge in [-0.25, -0.2) is 0 Å². The first-order chi connectivity index (χ1) is 23.7. The summed E-state index contributed by atoms with van der Waals surface area (Å²) in [6, 6.07) is 48.9. The molecule has 0 amide bonds. The molecule has 8 rings (SSSR count). The third kappa shape index (κ3) is 6.08. The molecular formula is C44H38Cl2P2. The number of hydrogen-bond acceptors (Lipinski definition) is 0. The molecule has 0 fully saturated rings. The molecule has 48 heavy (non-hydrogen) atoms. The van der Waals surface area contributed by atoms with E-state index in [-0.39, 0.29) is 0 Å². The fourth-order valence-corrected chi connectivity index (χ4v) is 13.8. The first-order valence-electron chi connectivity index (χ1n) is 17.2. The molecule has 4 heteroatoms. The van der Waals surface area contributed by atoms with Crippen molar-refractivity contribution >= 4 is 70.9 Å². The lowest BCUT2D eigenvalue weighted by Gasteiger charge is -2.34. The summed E-state index contributed by atoms with van der Waals surface area (Å²) < 4.78 is 0. The van der Waals surface area contributed by atoms with Crippen LogP contribution in [0.3, 0.4) is 0 Å². The molecule has 0 spiro atoms. The van der Waals surface area contributed by atoms with E-state index in [1.54, 1.807) is 0 Å². The van der Waals surface area contributed by atoms with Crippen molar-refractivity contribution in [3.05, 3.63) is 166 Å². The van der Waals surface area contributed by atoms with Crippen LogP contribution in [0.4, 0.5) is 0 Å². The fraction of sp³-hybridized carbons (Fsp3) is 0.182. The van der Waals surface area contributed by atoms with Crippen LogP contribution in [-0.4, -0.2) is 0 Å². The van der Waals surface area contributed by atoms with Crippen LogP contribution in [0.2, 0.25) is 10.0 Å². The molecule has 2 aliphatic carbocycles. The Morgan fingerprint density at radius 2 is 0.667 bits per heavy atom. The van der Waals surface area contributed by atoms with Gasteiger partial charge in [-0.3, -0.25) is 0 Å². The van der Waals surface area contributed by atoms with Crippen LogP contribution in [0.25, 0.3) is 11.1 Å². The second-order valence-electron chi connectivity index (χ2n) is 12.9. The van der Waals surface area contributed by atoms with Crippen LogP contribution >= 0.6 is 39.0 Å². The molecule has 0 nitrogen and oxygen atoms in total. The molecule has 0 aromatic heterocycles. The van der Waals surface area contributed by atoms with E-state index in [0.717, 1.165) is 35.7 Å². The molecular weight excluding hydrogens is 661 g/mol. The van der Waals surface area contributed by atoms with Gasteiger partial charge in [0.2, 0.25) is 0 Å². The van der Waals surface area contributed by atoms with E-state index in [4.69, 9.17) is 23.2 Å². The number of fused-ring (bicyclic) bond motifs is 2. The minimum Gasteiger partial charge on any atom is -0.0836 e. The smallest absolute Gasteiger partial charge is 0.0498 e. The Kier molecular flexibility index (Phi) is 9.54. The van der Waals surface area contributed by atoms with Gasteiger partial charge in [0.25, 0.3) is 0 Å². The summed E-state index contributed by atoms with van der Waals surface area (Å²) in [5.74, 6) is 0. The third-order valence-corrected chi connectivity index (χ3v) is 15.8. The summed E-state index contributed by atoms with van der Waals surface area (Å²) in [4.78, 5) is 0. The summed E-state index contributed by atoms with van der Waals surface area (Å²) in [6.45, 7) is 0. The van der Waals surface area contributed by atoms with Crippen LogP contribution in [0.1, 0.15) is 47.9 Å². The van der Waals surface area contributed by atoms with Crippen molar-refractivity contribution < 1.29 is 0 Å². The molecule has 0 unspecified atom stereocenters.